The zero-order valence-corrected chi connectivity index (χ0v) is 63.7. The summed E-state index contributed by atoms with van der Waals surface area (Å²) in [6, 6.07) is 44.4. The molecule has 0 aliphatic carbocycles. The van der Waals surface area contributed by atoms with Gasteiger partial charge in [-0.2, -0.15) is 21.0 Å². The van der Waals surface area contributed by atoms with Crippen LogP contribution in [-0.4, -0.2) is 62.8 Å². The highest BCUT2D eigenvalue weighted by Crippen LogP contribution is 2.55. The molecule has 16 rings (SSSR count). The molecule has 0 spiro atoms. The van der Waals surface area contributed by atoms with Crippen molar-refractivity contribution in [2.24, 2.45) is 0 Å². The Balaban J connectivity index is 0.000000128. The summed E-state index contributed by atoms with van der Waals surface area (Å²) < 4.78 is 12.2. The molecule has 0 amide bonds. The number of benzene rings is 8. The summed E-state index contributed by atoms with van der Waals surface area (Å²) in [4.78, 5) is 40.1. The molecule has 12 aromatic rings. The van der Waals surface area contributed by atoms with Gasteiger partial charge in [-0.25, -0.2) is 29.3 Å². The fraction of sp³-hybridized carbons (Fsp3) is 0.250. The second-order valence-electron chi connectivity index (χ2n) is 28.0. The number of fused-ring (bicyclic) bond motifs is 10. The molecule has 4 aliphatic heterocycles. The van der Waals surface area contributed by atoms with Crippen LogP contribution >= 0.6 is 0 Å². The fourth-order valence-electron chi connectivity index (χ4n) is 16.0. The number of aromatic nitrogens is 2. The lowest BCUT2D eigenvalue weighted by Crippen LogP contribution is -2.36. The number of hydrogen-bond acceptors (Lipinski definition) is 16. The van der Waals surface area contributed by atoms with Crippen LogP contribution < -0.4 is 39.2 Å². The molecule has 4 aromatic heterocycles. The molecule has 0 bridgehead atoms. The van der Waals surface area contributed by atoms with Gasteiger partial charge in [0.15, 0.2) is 5.58 Å². The van der Waals surface area contributed by atoms with E-state index < -0.39 is 0 Å². The van der Waals surface area contributed by atoms with Gasteiger partial charge in [-0.05, 0) is 213 Å². The number of hydrogen-bond donors (Lipinski definition) is 0. The first kappa shape index (κ1) is 72.3. The highest BCUT2D eigenvalue weighted by atomic mass is 16.3. The van der Waals surface area contributed by atoms with E-state index in [1.807, 2.05) is 87.7 Å². The van der Waals surface area contributed by atoms with E-state index in [-0.39, 0.29) is 24.7 Å². The lowest BCUT2D eigenvalue weighted by atomic mass is 9.97. The number of anilines is 12. The molecule has 0 saturated heterocycles. The first-order chi connectivity index (χ1) is 51.8. The van der Waals surface area contributed by atoms with E-state index in [0.717, 1.165) is 106 Å². The normalized spacial score (nSPS) is 15.6. The Hall–Kier alpha value is -14.0. The summed E-state index contributed by atoms with van der Waals surface area (Å²) in [6.07, 6.45) is 3.53. The third-order valence-corrected chi connectivity index (χ3v) is 22.4. The summed E-state index contributed by atoms with van der Waals surface area (Å²) in [5, 5.41) is 42.7. The second kappa shape index (κ2) is 27.9. The predicted molar refractivity (Wildman–Crippen MR) is 433 cm³/mol. The smallest absolute Gasteiger partial charge is 0.227 e. The largest absolute Gasteiger partial charge is 0.438 e. The highest BCUT2D eigenvalue weighted by Gasteiger charge is 2.41. The van der Waals surface area contributed by atoms with Crippen LogP contribution in [0, 0.1) is 141 Å². The summed E-state index contributed by atoms with van der Waals surface area (Å²) in [7, 11) is 7.89. The Morgan fingerprint density at radius 2 is 0.704 bits per heavy atom. The molecule has 8 aromatic carbocycles. The van der Waals surface area contributed by atoms with E-state index in [9.17, 15) is 21.0 Å². The molecular weight excluding hydrogens is 1340 g/mol. The fourth-order valence-corrected chi connectivity index (χ4v) is 16.0. The van der Waals surface area contributed by atoms with Gasteiger partial charge in [0.05, 0.1) is 124 Å². The lowest BCUT2D eigenvalue weighted by molar-refractivity contribution is 0.648. The van der Waals surface area contributed by atoms with E-state index in [4.69, 9.17) is 35.1 Å². The monoisotopic (exact) mass is 1420 g/mol. The molecule has 0 fully saturated rings. The molecule has 0 radical (unpaired) electrons. The summed E-state index contributed by atoms with van der Waals surface area (Å²) in [5.74, 6) is 0. The second-order valence-corrected chi connectivity index (χ2v) is 28.0. The third kappa shape index (κ3) is 11.2. The van der Waals surface area contributed by atoms with E-state index in [1.54, 1.807) is 36.7 Å². The summed E-state index contributed by atoms with van der Waals surface area (Å²) in [6.45, 7) is 59.1. The minimum absolute atomic E-state index is 0.0169. The van der Waals surface area contributed by atoms with Crippen molar-refractivity contribution < 1.29 is 8.83 Å². The number of pyridine rings is 2. The van der Waals surface area contributed by atoms with Gasteiger partial charge >= 0.3 is 0 Å². The Kier molecular flexibility index (Phi) is 18.7. The molecule has 4 aliphatic rings. The predicted octanol–water partition coefficient (Wildman–Crippen LogP) is 21.8. The number of nitriles is 4. The van der Waals surface area contributed by atoms with Crippen molar-refractivity contribution in [2.75, 3.05) is 67.4 Å². The van der Waals surface area contributed by atoms with Crippen LogP contribution in [0.15, 0.2) is 130 Å². The van der Waals surface area contributed by atoms with Crippen molar-refractivity contribution in [2.45, 2.75) is 122 Å². The van der Waals surface area contributed by atoms with E-state index >= 15 is 0 Å². The van der Waals surface area contributed by atoms with Crippen molar-refractivity contribution in [3.63, 3.8) is 0 Å². The molecule has 4 atom stereocenters. The maximum atomic E-state index is 9.78. The van der Waals surface area contributed by atoms with Crippen molar-refractivity contribution in [3.8, 4) is 24.3 Å². The number of furan rings is 2. The SMILES string of the molecule is [C-]#[N+]c1ccc2c(c1C#N)N(C)[C@H](C)N2c1c(C)c(C)cc2c1oc1ncccc12.[C-]#[N+]c1ccc2c(c1C#N)N(C)[C@H](C)N2c1c(C)cc(C)c(C)c1C.[C-]#[N+]c1ccc2c(c1C#N)N(C)[C@H](C)N2c1c(C)ccc(C)c1C.[C-]#[N+]c1ccc2c(c1C#N)N(C)[C@H](C)N2c1cc2oc3ncccc3c2cc1C. The minimum Gasteiger partial charge on any atom is -0.438 e. The van der Waals surface area contributed by atoms with Gasteiger partial charge in [-0.1, -0.05) is 42.5 Å². The van der Waals surface area contributed by atoms with Crippen LogP contribution in [0.5, 0.6) is 0 Å². The average molecular weight is 1420 g/mol. The van der Waals surface area contributed by atoms with Crippen LogP contribution in [0.4, 0.5) is 91.0 Å². The molecule has 8 heterocycles. The lowest BCUT2D eigenvalue weighted by Gasteiger charge is -2.31. The Morgan fingerprint density at radius 1 is 0.343 bits per heavy atom. The minimum atomic E-state index is -0.0574. The quantitative estimate of drug-likeness (QED) is 0.151. The zero-order valence-electron chi connectivity index (χ0n) is 63.7. The standard InChI is InChI=1S/C24H19N5O.C23H17N5O.C21H22N4.C20H20N4/c1-13-11-17-16-7-6-10-27-24(16)30-23(17)21(14(13)2)29-15(3)28(5)22-18(12-25)19(26-4)8-9-20(22)29;1-13-10-16-15-6-5-9-26-23(15)29-21(16)11-20(13)28-14(2)27(4)22-17(12-24)18(25-3)7-8-19(22)28;1-12-10-13(2)20(15(4)14(12)3)25-16(5)24(7)21-17(11-22)18(23-6)8-9-19(21)25;1-12-7-8-13(2)19(14(12)3)24-15(4)23(6)20-16(11-21)17(22-5)9-10-18(20)24/h6-11,15H,1-3,5H3;5-11,14H,1-2,4H3;8-10,16H,1-5,7H3;7-10,15H,1-4,6H3/t15-;14-;16-;15-/m0000/s1. The first-order valence-electron chi connectivity index (χ1n) is 35.3. The zero-order chi connectivity index (χ0) is 77.5. The molecule has 20 heteroatoms. The van der Waals surface area contributed by atoms with Crippen molar-refractivity contribution in [3.05, 3.63) is 245 Å². The molecule has 532 valence electrons. The number of aryl methyl sites for hydroxylation is 6. The van der Waals surface area contributed by atoms with Gasteiger partial charge in [-0.15, -0.1) is 0 Å². The van der Waals surface area contributed by atoms with Crippen LogP contribution in [0.3, 0.4) is 0 Å². The Labute approximate surface area is 630 Å². The third-order valence-electron chi connectivity index (χ3n) is 22.4. The van der Waals surface area contributed by atoms with Crippen LogP contribution in [0.2, 0.25) is 0 Å². The molecule has 0 saturated carbocycles. The molecule has 108 heavy (non-hydrogen) atoms. The van der Waals surface area contributed by atoms with Crippen molar-refractivity contribution in [1.29, 1.82) is 21.0 Å². The van der Waals surface area contributed by atoms with Gasteiger partial charge in [0.1, 0.15) is 30.2 Å². The van der Waals surface area contributed by atoms with Crippen molar-refractivity contribution >= 4 is 135 Å². The van der Waals surface area contributed by atoms with Crippen molar-refractivity contribution in [1.82, 2.24) is 9.97 Å². The Morgan fingerprint density at radius 3 is 1.14 bits per heavy atom. The number of nitrogens with zero attached hydrogens (tertiary/aromatic N) is 18. The maximum absolute atomic E-state index is 9.78. The summed E-state index contributed by atoms with van der Waals surface area (Å²) in [5.41, 5.74) is 29.7. The van der Waals surface area contributed by atoms with E-state index in [0.29, 0.717) is 56.4 Å². The van der Waals surface area contributed by atoms with Gasteiger partial charge in [0.2, 0.25) is 34.2 Å². The first-order valence-corrected chi connectivity index (χ1v) is 35.3. The van der Waals surface area contributed by atoms with Crippen LogP contribution in [0.25, 0.3) is 63.5 Å². The summed E-state index contributed by atoms with van der Waals surface area (Å²) >= 11 is 0. The number of rotatable bonds is 4. The molecular formula is C88H78N18O2. The highest BCUT2D eigenvalue weighted by molar-refractivity contribution is 6.11. The van der Waals surface area contributed by atoms with Gasteiger partial charge in [0.25, 0.3) is 0 Å². The van der Waals surface area contributed by atoms with Gasteiger partial charge < -0.3 is 48.0 Å². The van der Waals surface area contributed by atoms with Gasteiger partial charge in [-0.3, -0.25) is 0 Å². The van der Waals surface area contributed by atoms with Crippen LogP contribution in [0.1, 0.15) is 106 Å². The maximum Gasteiger partial charge on any atom is 0.227 e. The van der Waals surface area contributed by atoms with Crippen LogP contribution in [-0.2, 0) is 0 Å². The van der Waals surface area contributed by atoms with Gasteiger partial charge in [0, 0.05) is 85.3 Å². The molecule has 20 nitrogen and oxygen atoms in total. The Bertz CT molecular complexity index is 6180. The average Bonchev–Trinajstić information content (AvgIpc) is 1.59. The molecule has 0 N–H and O–H groups in total. The topological polar surface area (TPSA) is 191 Å². The van der Waals surface area contributed by atoms with E-state index in [2.05, 4.69) is 215 Å². The molecule has 0 unspecified atom stereocenters. The van der Waals surface area contributed by atoms with E-state index in [1.165, 1.54) is 50.3 Å².